The molecule has 0 amide bonds. The van der Waals surface area contributed by atoms with E-state index in [4.69, 9.17) is 4.74 Å². The van der Waals surface area contributed by atoms with Gasteiger partial charge >= 0.3 is 0 Å². The van der Waals surface area contributed by atoms with Crippen LogP contribution in [0.15, 0.2) is 54.2 Å². The third-order valence-electron chi connectivity index (χ3n) is 4.54. The second kappa shape index (κ2) is 8.38. The molecule has 1 N–H and O–H groups in total. The van der Waals surface area contributed by atoms with Gasteiger partial charge in [0.1, 0.15) is 29.0 Å². The molecule has 0 aliphatic heterocycles. The number of halogens is 2. The normalized spacial score (nSPS) is 13.5. The highest BCUT2D eigenvalue weighted by Gasteiger charge is 2.27. The van der Waals surface area contributed by atoms with Crippen molar-refractivity contribution >= 4 is 23.0 Å². The summed E-state index contributed by atoms with van der Waals surface area (Å²) in [5.74, 6) is 0.584. The Hall–Kier alpha value is -3.40. The lowest BCUT2D eigenvalue weighted by Crippen LogP contribution is -2.07. The zero-order chi connectivity index (χ0) is 21.2. The average molecular weight is 440 g/mol. The fourth-order valence-corrected chi connectivity index (χ4v) is 3.76. The number of hydrogen-bond donors (Lipinski definition) is 1. The molecule has 3 aromatic heterocycles. The summed E-state index contributed by atoms with van der Waals surface area (Å²) in [4.78, 5) is 13.5. The number of anilines is 2. The van der Waals surface area contributed by atoms with Crippen LogP contribution in [0, 0.1) is 0 Å². The fourth-order valence-electron chi connectivity index (χ4n) is 2.94. The van der Waals surface area contributed by atoms with Crippen LogP contribution < -0.4 is 10.1 Å². The van der Waals surface area contributed by atoms with E-state index in [1.165, 1.54) is 22.2 Å². The van der Waals surface area contributed by atoms with Crippen LogP contribution in [0.4, 0.5) is 20.4 Å². The van der Waals surface area contributed by atoms with E-state index >= 15 is 0 Å². The standard InChI is InChI=1S/C21H18F2N6OS/c22-18(23)11-29-10-16(19(28-29)30-14-6-7-14)27-21-24-9-8-15(26-21)17-12-31-20(25-17)13-4-2-1-3-5-13/h1-5,8-10,12,14,18H,6-7,11H2,(H,24,26,27). The number of hydrogen-bond acceptors (Lipinski definition) is 7. The van der Waals surface area contributed by atoms with E-state index in [9.17, 15) is 8.78 Å². The first-order chi connectivity index (χ1) is 15.1. The first-order valence-corrected chi connectivity index (χ1v) is 10.7. The molecular formula is C21H18F2N6OS. The van der Waals surface area contributed by atoms with Gasteiger partial charge in [0.05, 0.1) is 11.9 Å². The molecule has 0 radical (unpaired) electrons. The fraction of sp³-hybridized carbons (Fsp3) is 0.238. The van der Waals surface area contributed by atoms with E-state index in [1.54, 1.807) is 12.3 Å². The minimum absolute atomic E-state index is 0.0779. The maximum Gasteiger partial charge on any atom is 0.257 e. The van der Waals surface area contributed by atoms with Gasteiger partial charge in [-0.1, -0.05) is 30.3 Å². The third-order valence-corrected chi connectivity index (χ3v) is 5.44. The molecule has 1 aliphatic carbocycles. The minimum Gasteiger partial charge on any atom is -0.472 e. The van der Waals surface area contributed by atoms with E-state index in [2.05, 4.69) is 25.4 Å². The number of nitrogens with zero attached hydrogens (tertiary/aromatic N) is 5. The number of alkyl halides is 2. The molecule has 0 bridgehead atoms. The topological polar surface area (TPSA) is 77.8 Å². The minimum atomic E-state index is -2.51. The second-order valence-corrected chi connectivity index (χ2v) is 7.93. The van der Waals surface area contributed by atoms with E-state index in [0.717, 1.165) is 29.1 Å². The molecule has 10 heteroatoms. The molecular weight excluding hydrogens is 422 g/mol. The molecule has 0 saturated heterocycles. The molecule has 1 aliphatic rings. The highest BCUT2D eigenvalue weighted by Crippen LogP contribution is 2.33. The Labute approximate surface area is 180 Å². The molecule has 1 fully saturated rings. The van der Waals surface area contributed by atoms with E-state index in [1.807, 2.05) is 35.7 Å². The number of ether oxygens (including phenoxy) is 1. The quantitative estimate of drug-likeness (QED) is 0.415. The molecule has 1 aromatic carbocycles. The van der Waals surface area contributed by atoms with Crippen LogP contribution in [0.5, 0.6) is 5.88 Å². The predicted octanol–water partition coefficient (Wildman–Crippen LogP) is 5.01. The van der Waals surface area contributed by atoms with Crippen LogP contribution in [-0.2, 0) is 6.54 Å². The summed E-state index contributed by atoms with van der Waals surface area (Å²) in [5, 5.41) is 10.0. The van der Waals surface area contributed by atoms with E-state index in [-0.39, 0.29) is 12.0 Å². The van der Waals surface area contributed by atoms with Crippen molar-refractivity contribution in [2.75, 3.05) is 5.32 Å². The highest BCUT2D eigenvalue weighted by molar-refractivity contribution is 7.13. The zero-order valence-corrected chi connectivity index (χ0v) is 17.1. The van der Waals surface area contributed by atoms with E-state index < -0.39 is 13.0 Å². The highest BCUT2D eigenvalue weighted by atomic mass is 32.1. The van der Waals surface area contributed by atoms with Crippen LogP contribution in [-0.4, -0.2) is 37.3 Å². The van der Waals surface area contributed by atoms with Gasteiger partial charge in [0.2, 0.25) is 5.95 Å². The van der Waals surface area contributed by atoms with Crippen molar-refractivity contribution in [2.24, 2.45) is 0 Å². The van der Waals surface area contributed by atoms with Crippen molar-refractivity contribution in [3.63, 3.8) is 0 Å². The Morgan fingerprint density at radius 3 is 2.74 bits per heavy atom. The van der Waals surface area contributed by atoms with Gasteiger partial charge in [-0.05, 0) is 18.9 Å². The van der Waals surface area contributed by atoms with E-state index in [0.29, 0.717) is 17.3 Å². The van der Waals surface area contributed by atoms with Gasteiger partial charge < -0.3 is 10.1 Å². The first kappa shape index (κ1) is 19.6. The molecule has 1 saturated carbocycles. The number of benzene rings is 1. The van der Waals surface area contributed by atoms with Crippen LogP contribution in [0.25, 0.3) is 22.0 Å². The van der Waals surface area contributed by atoms with Crippen molar-refractivity contribution in [1.82, 2.24) is 24.7 Å². The van der Waals surface area contributed by atoms with Gasteiger partial charge in [-0.15, -0.1) is 16.4 Å². The van der Waals surface area contributed by atoms with Crippen molar-refractivity contribution < 1.29 is 13.5 Å². The number of aromatic nitrogens is 5. The third kappa shape index (κ3) is 4.69. The predicted molar refractivity (Wildman–Crippen MR) is 114 cm³/mol. The molecule has 3 heterocycles. The molecule has 0 unspecified atom stereocenters. The summed E-state index contributed by atoms with van der Waals surface area (Å²) >= 11 is 1.54. The SMILES string of the molecule is FC(F)Cn1cc(Nc2nccc(-c3csc(-c4ccccc4)n3)n2)c(OC2CC2)n1. The summed E-state index contributed by atoms with van der Waals surface area (Å²) in [5.41, 5.74) is 2.88. The molecule has 4 aromatic rings. The Balaban J connectivity index is 1.38. The summed E-state index contributed by atoms with van der Waals surface area (Å²) in [6, 6.07) is 11.7. The van der Waals surface area contributed by atoms with Gasteiger partial charge in [-0.25, -0.2) is 23.7 Å². The second-order valence-electron chi connectivity index (χ2n) is 7.07. The summed E-state index contributed by atoms with van der Waals surface area (Å²) in [6.07, 6.45) is 2.54. The van der Waals surface area contributed by atoms with Gasteiger partial charge in [0, 0.05) is 17.1 Å². The van der Waals surface area contributed by atoms with Crippen LogP contribution in [0.2, 0.25) is 0 Å². The summed E-state index contributed by atoms with van der Waals surface area (Å²) in [6.45, 7) is -0.509. The van der Waals surface area contributed by atoms with Crippen molar-refractivity contribution in [3.05, 3.63) is 54.2 Å². The number of rotatable bonds is 8. The van der Waals surface area contributed by atoms with Gasteiger partial charge in [0.25, 0.3) is 12.3 Å². The Kier molecular flexibility index (Phi) is 5.29. The number of thiazole rings is 1. The van der Waals surface area contributed by atoms with Crippen molar-refractivity contribution in [2.45, 2.75) is 31.9 Å². The average Bonchev–Trinajstić information content (AvgIpc) is 3.30. The lowest BCUT2D eigenvalue weighted by molar-refractivity contribution is 0.121. The van der Waals surface area contributed by atoms with Gasteiger partial charge in [-0.2, -0.15) is 0 Å². The molecule has 31 heavy (non-hydrogen) atoms. The maximum absolute atomic E-state index is 12.8. The lowest BCUT2D eigenvalue weighted by atomic mass is 10.2. The monoisotopic (exact) mass is 440 g/mol. The first-order valence-electron chi connectivity index (χ1n) is 9.78. The Morgan fingerprint density at radius 2 is 1.97 bits per heavy atom. The largest absolute Gasteiger partial charge is 0.472 e. The molecule has 7 nitrogen and oxygen atoms in total. The van der Waals surface area contributed by atoms with Crippen LogP contribution in [0.3, 0.4) is 0 Å². The molecule has 0 atom stereocenters. The zero-order valence-electron chi connectivity index (χ0n) is 16.3. The summed E-state index contributed by atoms with van der Waals surface area (Å²) in [7, 11) is 0. The number of nitrogens with one attached hydrogen (secondary N) is 1. The maximum atomic E-state index is 12.8. The van der Waals surface area contributed by atoms with Crippen LogP contribution in [0.1, 0.15) is 12.8 Å². The summed E-state index contributed by atoms with van der Waals surface area (Å²) < 4.78 is 32.5. The van der Waals surface area contributed by atoms with Gasteiger partial charge in [-0.3, -0.25) is 4.68 Å². The van der Waals surface area contributed by atoms with Crippen LogP contribution >= 0.6 is 11.3 Å². The Morgan fingerprint density at radius 1 is 1.13 bits per heavy atom. The molecule has 5 rings (SSSR count). The van der Waals surface area contributed by atoms with Crippen molar-refractivity contribution in [3.8, 4) is 27.8 Å². The van der Waals surface area contributed by atoms with Crippen molar-refractivity contribution in [1.29, 1.82) is 0 Å². The smallest absolute Gasteiger partial charge is 0.257 e. The lowest BCUT2D eigenvalue weighted by Gasteiger charge is -2.06. The van der Waals surface area contributed by atoms with Gasteiger partial charge in [0.15, 0.2) is 0 Å². The molecule has 0 spiro atoms. The molecule has 158 valence electrons. The Bertz CT molecular complexity index is 1180.